The van der Waals surface area contributed by atoms with Crippen LogP contribution in [0.5, 0.6) is 0 Å². The third kappa shape index (κ3) is 4.30. The highest BCUT2D eigenvalue weighted by Crippen LogP contribution is 2.23. The normalized spacial score (nSPS) is 13.3. The molecule has 0 aliphatic rings. The minimum Gasteiger partial charge on any atom is -0.308 e. The Hall–Kier alpha value is -1.37. The summed E-state index contributed by atoms with van der Waals surface area (Å²) in [5.41, 5.74) is 0.606. The molecule has 0 saturated heterocycles. The third-order valence-electron chi connectivity index (χ3n) is 3.12. The number of benzene rings is 1. The van der Waals surface area contributed by atoms with Crippen molar-refractivity contribution in [1.82, 2.24) is 15.1 Å². The van der Waals surface area contributed by atoms with Crippen molar-refractivity contribution in [1.29, 1.82) is 0 Å². The van der Waals surface area contributed by atoms with Gasteiger partial charge < -0.3 is 5.32 Å². The fourth-order valence-corrected chi connectivity index (χ4v) is 3.34. The van der Waals surface area contributed by atoms with E-state index in [1.165, 1.54) is 6.26 Å². The largest absolute Gasteiger partial charge is 0.308 e. The van der Waals surface area contributed by atoms with E-state index in [-0.39, 0.29) is 10.9 Å². The van der Waals surface area contributed by atoms with E-state index in [9.17, 15) is 8.42 Å². The quantitative estimate of drug-likeness (QED) is 0.882. The summed E-state index contributed by atoms with van der Waals surface area (Å²) < 4.78 is 25.4. The molecule has 21 heavy (non-hydrogen) atoms. The monoisotopic (exact) mass is 327 g/mol. The zero-order valence-electron chi connectivity index (χ0n) is 12.0. The SMILES string of the molecule is CC(Cn1cccn1)NCc1c(Cl)cccc1S(C)(=O)=O. The number of nitrogens with one attached hydrogen (secondary N) is 1. The molecule has 5 nitrogen and oxygen atoms in total. The smallest absolute Gasteiger partial charge is 0.175 e. The average Bonchev–Trinajstić information content (AvgIpc) is 2.88. The maximum atomic E-state index is 11.8. The molecule has 2 aromatic rings. The van der Waals surface area contributed by atoms with Crippen molar-refractivity contribution in [2.24, 2.45) is 0 Å². The van der Waals surface area contributed by atoms with E-state index in [4.69, 9.17) is 11.6 Å². The Morgan fingerprint density at radius 3 is 2.76 bits per heavy atom. The topological polar surface area (TPSA) is 64.0 Å². The van der Waals surface area contributed by atoms with E-state index in [0.717, 1.165) is 0 Å². The number of nitrogens with zero attached hydrogens (tertiary/aromatic N) is 2. The van der Waals surface area contributed by atoms with E-state index in [1.54, 1.807) is 24.4 Å². The fraction of sp³-hybridized carbons (Fsp3) is 0.357. The maximum Gasteiger partial charge on any atom is 0.175 e. The summed E-state index contributed by atoms with van der Waals surface area (Å²) in [6.07, 6.45) is 4.80. The molecule has 1 unspecified atom stereocenters. The van der Waals surface area contributed by atoms with E-state index in [2.05, 4.69) is 10.4 Å². The molecule has 1 N–H and O–H groups in total. The first-order chi connectivity index (χ1) is 9.88. The van der Waals surface area contributed by atoms with Gasteiger partial charge >= 0.3 is 0 Å². The molecule has 0 saturated carbocycles. The first-order valence-electron chi connectivity index (χ1n) is 6.56. The van der Waals surface area contributed by atoms with Crippen LogP contribution in [0.3, 0.4) is 0 Å². The van der Waals surface area contributed by atoms with Crippen LogP contribution in [0.25, 0.3) is 0 Å². The van der Waals surface area contributed by atoms with Crippen LogP contribution < -0.4 is 5.32 Å². The van der Waals surface area contributed by atoms with Crippen molar-refractivity contribution in [2.75, 3.05) is 6.26 Å². The molecule has 2 rings (SSSR count). The van der Waals surface area contributed by atoms with Gasteiger partial charge in [-0.3, -0.25) is 4.68 Å². The summed E-state index contributed by atoms with van der Waals surface area (Å²) in [5.74, 6) is 0. The van der Waals surface area contributed by atoms with Gasteiger partial charge in [0.05, 0.1) is 11.4 Å². The molecule has 1 heterocycles. The Morgan fingerprint density at radius 2 is 2.14 bits per heavy atom. The fourth-order valence-electron chi connectivity index (χ4n) is 2.09. The van der Waals surface area contributed by atoms with E-state index in [1.807, 2.05) is 23.9 Å². The maximum absolute atomic E-state index is 11.8. The summed E-state index contributed by atoms with van der Waals surface area (Å²) in [5, 5.41) is 7.88. The Bertz CT molecular complexity index is 699. The predicted molar refractivity (Wildman–Crippen MR) is 83.1 cm³/mol. The summed E-state index contributed by atoms with van der Waals surface area (Å²) in [6, 6.07) is 6.92. The Kier molecular flexibility index (Phi) is 5.03. The minimum atomic E-state index is -3.30. The first-order valence-corrected chi connectivity index (χ1v) is 8.83. The summed E-state index contributed by atoms with van der Waals surface area (Å²) >= 11 is 6.14. The van der Waals surface area contributed by atoms with Gasteiger partial charge in [0, 0.05) is 41.8 Å². The molecule has 0 aliphatic carbocycles. The van der Waals surface area contributed by atoms with Gasteiger partial charge in [0.1, 0.15) is 0 Å². The van der Waals surface area contributed by atoms with Crippen LogP contribution >= 0.6 is 11.6 Å². The molecule has 0 amide bonds. The molecule has 0 spiro atoms. The van der Waals surface area contributed by atoms with Crippen LogP contribution in [0.1, 0.15) is 12.5 Å². The van der Waals surface area contributed by atoms with Crippen LogP contribution in [-0.2, 0) is 22.9 Å². The lowest BCUT2D eigenvalue weighted by Crippen LogP contribution is -2.30. The van der Waals surface area contributed by atoms with Crippen molar-refractivity contribution in [3.8, 4) is 0 Å². The van der Waals surface area contributed by atoms with Crippen LogP contribution in [0.4, 0.5) is 0 Å². The number of rotatable bonds is 6. The van der Waals surface area contributed by atoms with Crippen LogP contribution in [0, 0.1) is 0 Å². The van der Waals surface area contributed by atoms with Crippen LogP contribution in [-0.4, -0.2) is 30.5 Å². The molecule has 1 aromatic carbocycles. The lowest BCUT2D eigenvalue weighted by molar-refractivity contribution is 0.449. The van der Waals surface area contributed by atoms with Gasteiger partial charge in [0.25, 0.3) is 0 Å². The number of aromatic nitrogens is 2. The Morgan fingerprint density at radius 1 is 1.38 bits per heavy atom. The minimum absolute atomic E-state index is 0.133. The second kappa shape index (κ2) is 6.60. The highest BCUT2D eigenvalue weighted by atomic mass is 35.5. The van der Waals surface area contributed by atoms with Gasteiger partial charge in [-0.1, -0.05) is 17.7 Å². The van der Waals surface area contributed by atoms with Gasteiger partial charge in [-0.15, -0.1) is 0 Å². The Labute approximate surface area is 129 Å². The zero-order valence-corrected chi connectivity index (χ0v) is 13.5. The van der Waals surface area contributed by atoms with Gasteiger partial charge in [-0.2, -0.15) is 5.10 Å². The molecule has 7 heteroatoms. The summed E-state index contributed by atoms with van der Waals surface area (Å²) in [4.78, 5) is 0.272. The van der Waals surface area contributed by atoms with E-state index < -0.39 is 9.84 Å². The number of hydrogen-bond acceptors (Lipinski definition) is 4. The Balaban J connectivity index is 2.09. The average molecular weight is 328 g/mol. The molecule has 114 valence electrons. The molecule has 0 fully saturated rings. The highest BCUT2D eigenvalue weighted by molar-refractivity contribution is 7.90. The van der Waals surface area contributed by atoms with E-state index >= 15 is 0 Å². The van der Waals surface area contributed by atoms with Gasteiger partial charge in [-0.25, -0.2) is 8.42 Å². The van der Waals surface area contributed by atoms with Crippen molar-refractivity contribution >= 4 is 21.4 Å². The van der Waals surface area contributed by atoms with Gasteiger partial charge in [0.15, 0.2) is 9.84 Å². The summed E-state index contributed by atoms with van der Waals surface area (Å²) in [7, 11) is -3.30. The van der Waals surface area contributed by atoms with Gasteiger partial charge in [0.2, 0.25) is 0 Å². The standard InChI is InChI=1S/C14H18ClN3O2S/c1-11(10-18-8-4-7-17-18)16-9-12-13(15)5-3-6-14(12)21(2,19)20/h3-8,11,16H,9-10H2,1-2H3. The lowest BCUT2D eigenvalue weighted by Gasteiger charge is -2.16. The van der Waals surface area contributed by atoms with Gasteiger partial charge in [-0.05, 0) is 25.1 Å². The highest BCUT2D eigenvalue weighted by Gasteiger charge is 2.16. The molecular weight excluding hydrogens is 310 g/mol. The molecule has 1 atom stereocenters. The number of hydrogen-bond donors (Lipinski definition) is 1. The lowest BCUT2D eigenvalue weighted by atomic mass is 10.2. The molecule has 0 radical (unpaired) electrons. The summed E-state index contributed by atoms with van der Waals surface area (Å²) in [6.45, 7) is 3.11. The first kappa shape index (κ1) is 16.0. The molecule has 0 aliphatic heterocycles. The van der Waals surface area contributed by atoms with Crippen molar-refractivity contribution in [3.05, 3.63) is 47.2 Å². The van der Waals surface area contributed by atoms with Crippen molar-refractivity contribution in [3.63, 3.8) is 0 Å². The molecule has 0 bridgehead atoms. The number of halogens is 1. The predicted octanol–water partition coefficient (Wildman–Crippen LogP) is 2.12. The van der Waals surface area contributed by atoms with Crippen molar-refractivity contribution in [2.45, 2.75) is 31.0 Å². The second-order valence-electron chi connectivity index (χ2n) is 5.00. The third-order valence-corrected chi connectivity index (χ3v) is 4.66. The molecular formula is C14H18ClN3O2S. The van der Waals surface area contributed by atoms with Crippen LogP contribution in [0.2, 0.25) is 5.02 Å². The molecule has 1 aromatic heterocycles. The van der Waals surface area contributed by atoms with Crippen molar-refractivity contribution < 1.29 is 8.42 Å². The number of sulfone groups is 1. The van der Waals surface area contributed by atoms with E-state index in [0.29, 0.717) is 23.7 Å². The van der Waals surface area contributed by atoms with Crippen LogP contribution in [0.15, 0.2) is 41.6 Å². The second-order valence-corrected chi connectivity index (χ2v) is 7.39. The zero-order chi connectivity index (χ0) is 15.5.